The molecule has 0 aliphatic carbocycles. The van der Waals surface area contributed by atoms with Crippen LogP contribution in [0.1, 0.15) is 6.92 Å². The summed E-state index contributed by atoms with van der Waals surface area (Å²) in [7, 11) is 0. The van der Waals surface area contributed by atoms with Crippen LogP contribution < -0.4 is 0 Å². The van der Waals surface area contributed by atoms with E-state index in [2.05, 4.69) is 13.2 Å². The molecule has 0 aromatic rings. The molecular formula is C6H8Cl2O2. The first-order chi connectivity index (χ1) is 4.37. The van der Waals surface area contributed by atoms with Crippen molar-refractivity contribution in [3.63, 3.8) is 0 Å². The van der Waals surface area contributed by atoms with E-state index < -0.39 is 5.97 Å². The summed E-state index contributed by atoms with van der Waals surface area (Å²) in [5, 5.41) is 7.89. The van der Waals surface area contributed by atoms with Crippen LogP contribution in [0, 0.1) is 0 Å². The van der Waals surface area contributed by atoms with Crippen LogP contribution in [0.3, 0.4) is 0 Å². The van der Waals surface area contributed by atoms with Crippen LogP contribution in [0.5, 0.6) is 0 Å². The van der Waals surface area contributed by atoms with Crippen molar-refractivity contribution in [2.75, 3.05) is 0 Å². The van der Waals surface area contributed by atoms with E-state index in [1.807, 2.05) is 0 Å². The van der Waals surface area contributed by atoms with Gasteiger partial charge in [-0.25, -0.2) is 4.79 Å². The summed E-state index contributed by atoms with van der Waals surface area (Å²) in [5.41, 5.74) is 0.176. The Labute approximate surface area is 69.8 Å². The first-order valence-corrected chi connectivity index (χ1v) is 3.02. The number of halogens is 2. The first-order valence-electron chi connectivity index (χ1n) is 2.26. The van der Waals surface area contributed by atoms with Crippen LogP contribution in [0.2, 0.25) is 0 Å². The Morgan fingerprint density at radius 3 is 1.50 bits per heavy atom. The first kappa shape index (κ1) is 12.2. The van der Waals surface area contributed by atoms with Gasteiger partial charge in [-0.2, -0.15) is 0 Å². The summed E-state index contributed by atoms with van der Waals surface area (Å²) in [6.07, 6.45) is 0. The molecule has 0 atom stereocenters. The molecule has 0 bridgehead atoms. The summed E-state index contributed by atoms with van der Waals surface area (Å²) in [5.74, 6) is -0.935. The SMILES string of the molecule is C=C(C)C(=O)O.C=C(Cl)Cl. The molecule has 0 rings (SSSR count). The Bertz CT molecular complexity index is 136. The van der Waals surface area contributed by atoms with Crippen molar-refractivity contribution in [1.82, 2.24) is 0 Å². The van der Waals surface area contributed by atoms with Crippen molar-refractivity contribution in [1.29, 1.82) is 0 Å². The van der Waals surface area contributed by atoms with Crippen molar-refractivity contribution in [3.05, 3.63) is 23.2 Å². The van der Waals surface area contributed by atoms with E-state index in [-0.39, 0.29) is 10.1 Å². The molecular weight excluding hydrogens is 175 g/mol. The Morgan fingerprint density at radius 2 is 1.50 bits per heavy atom. The molecule has 0 saturated carbocycles. The molecule has 0 heterocycles. The van der Waals surface area contributed by atoms with Gasteiger partial charge in [-0.3, -0.25) is 0 Å². The van der Waals surface area contributed by atoms with Gasteiger partial charge in [0.1, 0.15) is 0 Å². The molecule has 0 amide bonds. The number of aliphatic carboxylic acids is 1. The van der Waals surface area contributed by atoms with Crippen LogP contribution in [0.25, 0.3) is 0 Å². The average molecular weight is 183 g/mol. The van der Waals surface area contributed by atoms with Gasteiger partial charge in [-0.1, -0.05) is 36.4 Å². The predicted octanol–water partition coefficient (Wildman–Crippen LogP) is 2.58. The van der Waals surface area contributed by atoms with Crippen LogP contribution in [-0.4, -0.2) is 11.1 Å². The Kier molecular flexibility index (Phi) is 8.13. The zero-order valence-corrected chi connectivity index (χ0v) is 7.04. The number of hydrogen-bond donors (Lipinski definition) is 1. The van der Waals surface area contributed by atoms with Crippen LogP contribution >= 0.6 is 23.2 Å². The molecule has 0 aromatic carbocycles. The minimum atomic E-state index is -0.935. The largest absolute Gasteiger partial charge is 0.478 e. The highest BCUT2D eigenvalue weighted by Crippen LogP contribution is 1.98. The van der Waals surface area contributed by atoms with Crippen molar-refractivity contribution in [3.8, 4) is 0 Å². The molecule has 0 spiro atoms. The fourth-order valence-electron chi connectivity index (χ4n) is 0. The maximum absolute atomic E-state index is 9.60. The molecule has 1 N–H and O–H groups in total. The maximum atomic E-state index is 9.60. The molecule has 10 heavy (non-hydrogen) atoms. The van der Waals surface area contributed by atoms with Gasteiger partial charge in [0, 0.05) is 5.57 Å². The molecule has 0 fully saturated rings. The van der Waals surface area contributed by atoms with Gasteiger partial charge in [-0.15, -0.1) is 0 Å². The van der Waals surface area contributed by atoms with E-state index >= 15 is 0 Å². The van der Waals surface area contributed by atoms with Crippen LogP contribution in [0.15, 0.2) is 23.2 Å². The van der Waals surface area contributed by atoms with E-state index in [1.165, 1.54) is 6.92 Å². The van der Waals surface area contributed by atoms with Gasteiger partial charge >= 0.3 is 5.97 Å². The Balaban J connectivity index is 0. The Morgan fingerprint density at radius 1 is 1.40 bits per heavy atom. The van der Waals surface area contributed by atoms with Crippen molar-refractivity contribution >= 4 is 29.2 Å². The highest BCUT2D eigenvalue weighted by atomic mass is 35.5. The average Bonchev–Trinajstić information content (AvgIpc) is 1.63. The van der Waals surface area contributed by atoms with Gasteiger partial charge in [-0.05, 0) is 6.92 Å². The summed E-state index contributed by atoms with van der Waals surface area (Å²) in [4.78, 5) is 9.60. The molecule has 0 aliphatic heterocycles. The standard InChI is InChI=1S/C4H6O2.C2H2Cl2/c1-3(2)4(5)6;1-2(3)4/h1H2,2H3,(H,5,6);1H2. The second-order valence-electron chi connectivity index (χ2n) is 1.42. The van der Waals surface area contributed by atoms with E-state index in [1.54, 1.807) is 0 Å². The molecule has 4 heteroatoms. The lowest BCUT2D eigenvalue weighted by Gasteiger charge is -1.79. The molecule has 58 valence electrons. The molecule has 0 radical (unpaired) electrons. The van der Waals surface area contributed by atoms with Gasteiger partial charge in [0.2, 0.25) is 0 Å². The van der Waals surface area contributed by atoms with E-state index in [0.29, 0.717) is 0 Å². The lowest BCUT2D eigenvalue weighted by atomic mass is 10.4. The predicted molar refractivity (Wildman–Crippen MR) is 43.3 cm³/mol. The zero-order chi connectivity index (χ0) is 8.73. The quantitative estimate of drug-likeness (QED) is 0.634. The molecule has 0 saturated heterocycles. The smallest absolute Gasteiger partial charge is 0.330 e. The van der Waals surface area contributed by atoms with Gasteiger partial charge in [0.15, 0.2) is 0 Å². The minimum absolute atomic E-state index is 0.111. The third kappa shape index (κ3) is 25.8. The number of rotatable bonds is 1. The van der Waals surface area contributed by atoms with Gasteiger partial charge in [0.25, 0.3) is 0 Å². The second-order valence-corrected chi connectivity index (χ2v) is 2.53. The number of carboxylic acid groups (broad SMARTS) is 1. The minimum Gasteiger partial charge on any atom is -0.478 e. The molecule has 0 aliphatic rings. The highest BCUT2D eigenvalue weighted by Gasteiger charge is 1.90. The summed E-state index contributed by atoms with van der Waals surface area (Å²) < 4.78 is 0.111. The van der Waals surface area contributed by atoms with E-state index in [0.717, 1.165) is 0 Å². The monoisotopic (exact) mass is 182 g/mol. The summed E-state index contributed by atoms with van der Waals surface area (Å²) >= 11 is 9.69. The van der Waals surface area contributed by atoms with Crippen LogP contribution in [0.4, 0.5) is 0 Å². The summed E-state index contributed by atoms with van der Waals surface area (Å²) in [6.45, 7) is 7.69. The third-order valence-electron chi connectivity index (χ3n) is 0.365. The molecule has 2 nitrogen and oxygen atoms in total. The third-order valence-corrected chi connectivity index (χ3v) is 0.365. The fourth-order valence-corrected chi connectivity index (χ4v) is 0. The van der Waals surface area contributed by atoms with Gasteiger partial charge < -0.3 is 5.11 Å². The van der Waals surface area contributed by atoms with Crippen LogP contribution in [-0.2, 0) is 4.79 Å². The number of carbonyl (C=O) groups is 1. The number of carboxylic acids is 1. The normalized spacial score (nSPS) is 7.10. The van der Waals surface area contributed by atoms with Gasteiger partial charge in [0.05, 0.1) is 4.49 Å². The van der Waals surface area contributed by atoms with E-state index in [4.69, 9.17) is 28.3 Å². The van der Waals surface area contributed by atoms with Crippen molar-refractivity contribution in [2.24, 2.45) is 0 Å². The molecule has 0 unspecified atom stereocenters. The summed E-state index contributed by atoms with van der Waals surface area (Å²) in [6, 6.07) is 0. The van der Waals surface area contributed by atoms with Crippen molar-refractivity contribution in [2.45, 2.75) is 6.92 Å². The van der Waals surface area contributed by atoms with Crippen molar-refractivity contribution < 1.29 is 9.90 Å². The zero-order valence-electron chi connectivity index (χ0n) is 5.53. The van der Waals surface area contributed by atoms with E-state index in [9.17, 15) is 4.79 Å². The fraction of sp³-hybridized carbons (Fsp3) is 0.167. The lowest BCUT2D eigenvalue weighted by molar-refractivity contribution is -0.132. The number of hydrogen-bond acceptors (Lipinski definition) is 1. The lowest BCUT2D eigenvalue weighted by Crippen LogP contribution is -1.92. The molecule has 0 aromatic heterocycles. The highest BCUT2D eigenvalue weighted by molar-refractivity contribution is 6.55. The maximum Gasteiger partial charge on any atom is 0.330 e. The topological polar surface area (TPSA) is 37.3 Å². The second kappa shape index (κ2) is 6.65. The Hall–Kier alpha value is -0.470.